The highest BCUT2D eigenvalue weighted by atomic mass is 16.7. The summed E-state index contributed by atoms with van der Waals surface area (Å²) in [5, 5.41) is 58.7. The molecule has 0 bridgehead atoms. The van der Waals surface area contributed by atoms with Gasteiger partial charge in [-0.1, -0.05) is 77.0 Å². The van der Waals surface area contributed by atoms with Gasteiger partial charge in [0.15, 0.2) is 0 Å². The predicted octanol–water partition coefficient (Wildman–Crippen LogP) is 2.28. The maximum absolute atomic E-state index is 10.3. The van der Waals surface area contributed by atoms with Crippen molar-refractivity contribution in [3.8, 4) is 0 Å². The Bertz CT molecular complexity index is 340. The normalized spacial score (nSPS) is 11.4. The number of aliphatic hydroxyl groups is 6. The van der Waals surface area contributed by atoms with E-state index in [2.05, 4.69) is 0 Å². The molecule has 0 spiro atoms. The second-order valence-electron chi connectivity index (χ2n) is 7.64. The number of carbonyl (C=O) groups is 1. The highest BCUT2D eigenvalue weighted by molar-refractivity contribution is 5.66. The van der Waals surface area contributed by atoms with Crippen molar-refractivity contribution in [1.82, 2.24) is 0 Å². The third-order valence-electron chi connectivity index (χ3n) is 4.57. The van der Waals surface area contributed by atoms with Crippen molar-refractivity contribution in [3.05, 3.63) is 0 Å². The molecule has 0 unspecified atom stereocenters. The minimum atomic E-state index is -2.49. The molecule has 0 saturated carbocycles. The van der Waals surface area contributed by atoms with E-state index in [-0.39, 0.29) is 19.6 Å². The van der Waals surface area contributed by atoms with Crippen LogP contribution < -0.4 is 0 Å². The summed E-state index contributed by atoms with van der Waals surface area (Å²) < 4.78 is 0. The molecule has 176 valence electrons. The van der Waals surface area contributed by atoms with Gasteiger partial charge in [-0.15, -0.1) is 0 Å². The molecule has 0 aromatic carbocycles. The molecule has 0 atom stereocenters. The summed E-state index contributed by atoms with van der Waals surface area (Å²) in [5.41, 5.74) is 0. The van der Waals surface area contributed by atoms with Gasteiger partial charge in [0.2, 0.25) is 0 Å². The van der Waals surface area contributed by atoms with Gasteiger partial charge in [0.1, 0.15) is 6.10 Å². The van der Waals surface area contributed by atoms with E-state index < -0.39 is 18.0 Å². The number of carboxylic acid groups (broad SMARTS) is 1. The van der Waals surface area contributed by atoms with Gasteiger partial charge in [-0.05, 0) is 12.8 Å². The van der Waals surface area contributed by atoms with Gasteiger partial charge in [-0.3, -0.25) is 4.79 Å². The molecular formula is C21H44O8. The Morgan fingerprint density at radius 2 is 0.931 bits per heavy atom. The lowest BCUT2D eigenvalue weighted by molar-refractivity contribution is -0.315. The summed E-state index contributed by atoms with van der Waals surface area (Å²) in [6.07, 6.45) is 15.1. The number of aliphatic hydroxyl groups excluding tert-OH is 3. The molecule has 0 aliphatic carbocycles. The largest absolute Gasteiger partial charge is 0.481 e. The molecule has 0 heterocycles. The van der Waals surface area contributed by atoms with Crippen LogP contribution in [0.3, 0.4) is 0 Å². The van der Waals surface area contributed by atoms with Crippen LogP contribution in [-0.4, -0.2) is 67.0 Å². The van der Waals surface area contributed by atoms with E-state index in [1.54, 1.807) is 0 Å². The first-order valence-electron chi connectivity index (χ1n) is 11.0. The number of hydrogen-bond donors (Lipinski definition) is 7. The van der Waals surface area contributed by atoms with Crippen molar-refractivity contribution in [2.45, 2.75) is 115 Å². The smallest absolute Gasteiger partial charge is 0.303 e. The highest BCUT2D eigenvalue weighted by Crippen LogP contribution is 2.14. The van der Waals surface area contributed by atoms with Crippen molar-refractivity contribution in [2.75, 3.05) is 13.2 Å². The van der Waals surface area contributed by atoms with E-state index in [0.717, 1.165) is 32.1 Å². The van der Waals surface area contributed by atoms with Gasteiger partial charge >= 0.3 is 5.97 Å². The van der Waals surface area contributed by atoms with E-state index in [1.807, 2.05) is 0 Å². The van der Waals surface area contributed by atoms with Crippen LogP contribution in [0, 0.1) is 0 Å². The monoisotopic (exact) mass is 424 g/mol. The van der Waals surface area contributed by atoms with Crippen molar-refractivity contribution >= 4 is 5.97 Å². The second-order valence-corrected chi connectivity index (χ2v) is 7.64. The third-order valence-corrected chi connectivity index (χ3v) is 4.57. The molecule has 8 nitrogen and oxygen atoms in total. The van der Waals surface area contributed by atoms with Crippen LogP contribution in [0.15, 0.2) is 0 Å². The fraction of sp³-hybridized carbons (Fsp3) is 0.952. The molecule has 29 heavy (non-hydrogen) atoms. The zero-order valence-corrected chi connectivity index (χ0v) is 17.8. The number of carboxylic acids is 1. The first-order chi connectivity index (χ1) is 13.7. The SMILES string of the molecule is O=C(O)CCCCCCCCCCCCCCCCC(O)(O)O.OCC(O)CO. The van der Waals surface area contributed by atoms with E-state index in [4.69, 9.17) is 35.7 Å². The molecule has 0 rings (SSSR count). The van der Waals surface area contributed by atoms with Gasteiger partial charge in [0.25, 0.3) is 5.97 Å². The Morgan fingerprint density at radius 1 is 0.621 bits per heavy atom. The average molecular weight is 425 g/mol. The Kier molecular flexibility index (Phi) is 23.0. The lowest BCUT2D eigenvalue weighted by Crippen LogP contribution is -2.26. The molecule has 0 aromatic rings. The summed E-state index contributed by atoms with van der Waals surface area (Å²) in [7, 11) is 0. The van der Waals surface area contributed by atoms with E-state index in [0.29, 0.717) is 12.8 Å². The van der Waals surface area contributed by atoms with Crippen LogP contribution in [0.1, 0.15) is 103 Å². The van der Waals surface area contributed by atoms with Crippen molar-refractivity contribution in [1.29, 1.82) is 0 Å². The Hall–Kier alpha value is -0.770. The summed E-state index contributed by atoms with van der Waals surface area (Å²) >= 11 is 0. The summed E-state index contributed by atoms with van der Waals surface area (Å²) in [5.74, 6) is -3.18. The standard InChI is InChI=1S/C18H36O5.C3H8O3/c19-17(20)15-13-11-9-7-5-3-1-2-4-6-8-10-12-14-16-18(21,22)23;4-1-3(6)2-5/h21-23H,1-16H2,(H,19,20);3-6H,1-2H2. The highest BCUT2D eigenvalue weighted by Gasteiger charge is 2.16. The fourth-order valence-electron chi connectivity index (χ4n) is 2.82. The van der Waals surface area contributed by atoms with Gasteiger partial charge < -0.3 is 35.7 Å². The summed E-state index contributed by atoms with van der Waals surface area (Å²) in [6, 6.07) is 0. The molecule has 8 heteroatoms. The lowest BCUT2D eigenvalue weighted by Gasteiger charge is -2.12. The van der Waals surface area contributed by atoms with Crippen molar-refractivity contribution in [3.63, 3.8) is 0 Å². The van der Waals surface area contributed by atoms with Gasteiger partial charge in [-0.2, -0.15) is 0 Å². The second kappa shape index (κ2) is 21.9. The van der Waals surface area contributed by atoms with Crippen LogP contribution in [-0.2, 0) is 4.79 Å². The van der Waals surface area contributed by atoms with Crippen LogP contribution >= 0.6 is 0 Å². The van der Waals surface area contributed by atoms with E-state index >= 15 is 0 Å². The topological polar surface area (TPSA) is 159 Å². The lowest BCUT2D eigenvalue weighted by atomic mass is 10.0. The van der Waals surface area contributed by atoms with Crippen molar-refractivity contribution in [2.24, 2.45) is 0 Å². The molecule has 0 radical (unpaired) electrons. The first kappa shape index (κ1) is 30.4. The molecule has 0 amide bonds. The predicted molar refractivity (Wildman–Crippen MR) is 111 cm³/mol. The average Bonchev–Trinajstić information content (AvgIpc) is 2.66. The number of unbranched alkanes of at least 4 members (excludes halogenated alkanes) is 13. The molecule has 0 fully saturated rings. The van der Waals surface area contributed by atoms with Gasteiger partial charge in [-0.25, -0.2) is 0 Å². The quantitative estimate of drug-likeness (QED) is 0.123. The zero-order valence-electron chi connectivity index (χ0n) is 17.8. The molecule has 0 aromatic heterocycles. The molecule has 0 aliphatic rings. The molecule has 7 N–H and O–H groups in total. The minimum absolute atomic E-state index is 0.0311. The van der Waals surface area contributed by atoms with E-state index in [9.17, 15) is 4.79 Å². The summed E-state index contributed by atoms with van der Waals surface area (Å²) in [6.45, 7) is -0.729. The van der Waals surface area contributed by atoms with E-state index in [1.165, 1.54) is 51.4 Å². The van der Waals surface area contributed by atoms with Crippen LogP contribution in [0.4, 0.5) is 0 Å². The molecular weight excluding hydrogens is 380 g/mol. The minimum Gasteiger partial charge on any atom is -0.481 e. The Labute approximate surface area is 175 Å². The van der Waals surface area contributed by atoms with Gasteiger partial charge in [0.05, 0.1) is 13.2 Å². The van der Waals surface area contributed by atoms with Crippen molar-refractivity contribution < 1.29 is 40.5 Å². The number of rotatable bonds is 19. The fourth-order valence-corrected chi connectivity index (χ4v) is 2.82. The van der Waals surface area contributed by atoms with Gasteiger partial charge in [0, 0.05) is 12.8 Å². The van der Waals surface area contributed by atoms with Crippen LogP contribution in [0.5, 0.6) is 0 Å². The maximum Gasteiger partial charge on any atom is 0.303 e. The van der Waals surface area contributed by atoms with Crippen LogP contribution in [0.25, 0.3) is 0 Å². The number of aliphatic carboxylic acids is 1. The zero-order chi connectivity index (χ0) is 22.4. The maximum atomic E-state index is 10.3. The molecule has 0 saturated heterocycles. The molecule has 0 aliphatic heterocycles. The Morgan fingerprint density at radius 3 is 1.17 bits per heavy atom. The Balaban J connectivity index is 0. The number of hydrogen-bond acceptors (Lipinski definition) is 7. The third kappa shape index (κ3) is 32.1. The first-order valence-corrected chi connectivity index (χ1v) is 11.0. The van der Waals surface area contributed by atoms with Crippen LogP contribution in [0.2, 0.25) is 0 Å². The summed E-state index contributed by atoms with van der Waals surface area (Å²) in [4.78, 5) is 10.3.